The minimum Gasteiger partial charge on any atom is -0.497 e. The quantitative estimate of drug-likeness (QED) is 0.557. The maximum atomic E-state index is 12.0. The molecule has 0 spiro atoms. The highest BCUT2D eigenvalue weighted by Crippen LogP contribution is 2.16. The zero-order valence-electron chi connectivity index (χ0n) is 12.6. The Morgan fingerprint density at radius 2 is 2.10 bits per heavy atom. The van der Waals surface area contributed by atoms with Crippen molar-refractivity contribution < 1.29 is 14.6 Å². The Morgan fingerprint density at radius 1 is 1.35 bits per heavy atom. The van der Waals surface area contributed by atoms with E-state index in [0.29, 0.717) is 17.7 Å². The summed E-state index contributed by atoms with van der Waals surface area (Å²) in [4.78, 5) is 14.2. The van der Waals surface area contributed by atoms with Crippen LogP contribution in [0.2, 0.25) is 0 Å². The molecule has 0 aliphatic heterocycles. The topological polar surface area (TPSA) is 49.8 Å². The van der Waals surface area contributed by atoms with Gasteiger partial charge in [0.1, 0.15) is 5.75 Å². The average molecular weight is 279 g/mol. The van der Waals surface area contributed by atoms with Crippen molar-refractivity contribution in [3.05, 3.63) is 29.8 Å². The number of Topliss-reactive ketones (excluding diaryl/α,β-unsaturated/α-hetero) is 1. The highest BCUT2D eigenvalue weighted by molar-refractivity contribution is 5.96. The van der Waals surface area contributed by atoms with E-state index in [1.165, 1.54) is 0 Å². The number of rotatable bonds is 9. The number of unbranched alkanes of at least 4 members (excludes halogenated alkanes) is 1. The lowest BCUT2D eigenvalue weighted by atomic mass is 10.0. The summed E-state index contributed by atoms with van der Waals surface area (Å²) in [6.07, 6.45) is 2.26. The molecule has 1 atom stereocenters. The Balaban J connectivity index is 2.37. The van der Waals surface area contributed by atoms with Crippen molar-refractivity contribution >= 4 is 5.78 Å². The monoisotopic (exact) mass is 279 g/mol. The molecule has 0 fully saturated rings. The van der Waals surface area contributed by atoms with Gasteiger partial charge >= 0.3 is 0 Å². The lowest BCUT2D eigenvalue weighted by molar-refractivity contribution is 0.0863. The standard InChI is InChI=1S/C16H25NO3/c1-17(2)10-5-4-8-14(18)12-16(19)13-7-6-9-15(11-13)20-3/h6-7,9,11,14,18H,4-5,8,10,12H2,1-3H3. The zero-order valence-corrected chi connectivity index (χ0v) is 12.6. The Hall–Kier alpha value is -1.39. The summed E-state index contributed by atoms with van der Waals surface area (Å²) < 4.78 is 5.09. The van der Waals surface area contributed by atoms with Crippen molar-refractivity contribution in [2.75, 3.05) is 27.7 Å². The van der Waals surface area contributed by atoms with Gasteiger partial charge in [-0.05, 0) is 52.0 Å². The second-order valence-corrected chi connectivity index (χ2v) is 5.31. The van der Waals surface area contributed by atoms with Crippen LogP contribution in [0.25, 0.3) is 0 Å². The smallest absolute Gasteiger partial charge is 0.165 e. The average Bonchev–Trinajstić information content (AvgIpc) is 2.43. The first-order valence-corrected chi connectivity index (χ1v) is 7.03. The highest BCUT2D eigenvalue weighted by Gasteiger charge is 2.13. The van der Waals surface area contributed by atoms with Gasteiger partial charge in [-0.15, -0.1) is 0 Å². The van der Waals surface area contributed by atoms with Gasteiger partial charge in [0.05, 0.1) is 13.2 Å². The van der Waals surface area contributed by atoms with Crippen LogP contribution in [0.15, 0.2) is 24.3 Å². The molecule has 0 aliphatic carbocycles. The van der Waals surface area contributed by atoms with E-state index in [4.69, 9.17) is 4.74 Å². The predicted molar refractivity (Wildman–Crippen MR) is 80.4 cm³/mol. The van der Waals surface area contributed by atoms with Crippen molar-refractivity contribution in [2.45, 2.75) is 31.8 Å². The summed E-state index contributed by atoms with van der Waals surface area (Å²) in [5, 5.41) is 9.91. The largest absolute Gasteiger partial charge is 0.497 e. The number of hydrogen-bond acceptors (Lipinski definition) is 4. The normalized spacial score (nSPS) is 12.4. The van der Waals surface area contributed by atoms with Gasteiger partial charge in [-0.25, -0.2) is 0 Å². The van der Waals surface area contributed by atoms with E-state index in [1.807, 2.05) is 14.1 Å². The molecule has 0 saturated heterocycles. The van der Waals surface area contributed by atoms with E-state index < -0.39 is 6.10 Å². The summed E-state index contributed by atoms with van der Waals surface area (Å²) in [5.41, 5.74) is 0.594. The maximum absolute atomic E-state index is 12.0. The molecule has 0 bridgehead atoms. The third-order valence-corrected chi connectivity index (χ3v) is 3.21. The van der Waals surface area contributed by atoms with Crippen LogP contribution in [0.4, 0.5) is 0 Å². The van der Waals surface area contributed by atoms with Gasteiger partial charge in [-0.1, -0.05) is 12.1 Å². The summed E-state index contributed by atoms with van der Waals surface area (Å²) in [6, 6.07) is 7.05. The second-order valence-electron chi connectivity index (χ2n) is 5.31. The lowest BCUT2D eigenvalue weighted by Crippen LogP contribution is -2.16. The number of ether oxygens (including phenoxy) is 1. The lowest BCUT2D eigenvalue weighted by Gasteiger charge is -2.12. The van der Waals surface area contributed by atoms with Crippen LogP contribution in [-0.2, 0) is 0 Å². The number of carbonyl (C=O) groups is 1. The van der Waals surface area contributed by atoms with Gasteiger partial charge in [0, 0.05) is 12.0 Å². The number of aliphatic hydroxyl groups is 1. The van der Waals surface area contributed by atoms with Crippen LogP contribution in [-0.4, -0.2) is 49.6 Å². The van der Waals surface area contributed by atoms with E-state index in [0.717, 1.165) is 19.4 Å². The Morgan fingerprint density at radius 3 is 2.75 bits per heavy atom. The molecular formula is C16H25NO3. The Bertz CT molecular complexity index is 418. The fourth-order valence-electron chi connectivity index (χ4n) is 2.04. The Kier molecular flexibility index (Phi) is 7.26. The minimum atomic E-state index is -0.559. The molecule has 0 saturated carbocycles. The number of ketones is 1. The zero-order chi connectivity index (χ0) is 15.0. The molecule has 1 aromatic carbocycles. The molecule has 20 heavy (non-hydrogen) atoms. The van der Waals surface area contributed by atoms with E-state index in [1.54, 1.807) is 31.4 Å². The fraction of sp³-hybridized carbons (Fsp3) is 0.562. The van der Waals surface area contributed by atoms with Gasteiger partial charge in [0.15, 0.2) is 5.78 Å². The van der Waals surface area contributed by atoms with Crippen LogP contribution < -0.4 is 4.74 Å². The Labute approximate surface area is 121 Å². The van der Waals surface area contributed by atoms with Crippen molar-refractivity contribution in [2.24, 2.45) is 0 Å². The van der Waals surface area contributed by atoms with Gasteiger partial charge in [-0.3, -0.25) is 4.79 Å². The molecule has 0 amide bonds. The number of benzene rings is 1. The molecule has 0 heterocycles. The molecule has 4 heteroatoms. The molecule has 4 nitrogen and oxygen atoms in total. The fourth-order valence-corrected chi connectivity index (χ4v) is 2.04. The van der Waals surface area contributed by atoms with Crippen LogP contribution in [0.5, 0.6) is 5.75 Å². The summed E-state index contributed by atoms with van der Waals surface area (Å²) in [5.74, 6) is 0.625. The number of aliphatic hydroxyl groups excluding tert-OH is 1. The second kappa shape index (κ2) is 8.72. The van der Waals surface area contributed by atoms with Crippen LogP contribution in [0.1, 0.15) is 36.0 Å². The number of methoxy groups -OCH3 is 1. The van der Waals surface area contributed by atoms with E-state index in [2.05, 4.69) is 4.90 Å². The molecule has 1 aromatic rings. The summed E-state index contributed by atoms with van der Waals surface area (Å²) in [7, 11) is 5.63. The van der Waals surface area contributed by atoms with E-state index >= 15 is 0 Å². The molecule has 0 radical (unpaired) electrons. The summed E-state index contributed by atoms with van der Waals surface area (Å²) >= 11 is 0. The van der Waals surface area contributed by atoms with Crippen LogP contribution >= 0.6 is 0 Å². The first-order valence-electron chi connectivity index (χ1n) is 7.03. The molecular weight excluding hydrogens is 254 g/mol. The number of carbonyl (C=O) groups excluding carboxylic acids is 1. The van der Waals surface area contributed by atoms with Gasteiger partial charge in [-0.2, -0.15) is 0 Å². The first-order chi connectivity index (χ1) is 9.52. The highest BCUT2D eigenvalue weighted by atomic mass is 16.5. The van der Waals surface area contributed by atoms with Crippen LogP contribution in [0, 0.1) is 0 Å². The van der Waals surface area contributed by atoms with E-state index in [-0.39, 0.29) is 12.2 Å². The van der Waals surface area contributed by atoms with Gasteiger partial charge in [0.2, 0.25) is 0 Å². The van der Waals surface area contributed by atoms with Gasteiger partial charge in [0.25, 0.3) is 0 Å². The SMILES string of the molecule is COc1cccc(C(=O)CC(O)CCCCN(C)C)c1. The summed E-state index contributed by atoms with van der Waals surface area (Å²) in [6.45, 7) is 1.01. The van der Waals surface area contributed by atoms with Crippen molar-refractivity contribution in [3.63, 3.8) is 0 Å². The van der Waals surface area contributed by atoms with Crippen molar-refractivity contribution in [3.8, 4) is 5.75 Å². The molecule has 0 aromatic heterocycles. The molecule has 1 unspecified atom stereocenters. The molecule has 1 rings (SSSR count). The molecule has 1 N–H and O–H groups in total. The van der Waals surface area contributed by atoms with Crippen molar-refractivity contribution in [1.29, 1.82) is 0 Å². The van der Waals surface area contributed by atoms with E-state index in [9.17, 15) is 9.90 Å². The third kappa shape index (κ3) is 6.17. The number of hydrogen-bond donors (Lipinski definition) is 1. The van der Waals surface area contributed by atoms with Crippen molar-refractivity contribution in [1.82, 2.24) is 4.90 Å². The maximum Gasteiger partial charge on any atom is 0.165 e. The number of nitrogens with zero attached hydrogens (tertiary/aromatic N) is 1. The molecule has 112 valence electrons. The first kappa shape index (κ1) is 16.7. The molecule has 0 aliphatic rings. The minimum absolute atomic E-state index is 0.0380. The van der Waals surface area contributed by atoms with Gasteiger partial charge < -0.3 is 14.7 Å². The van der Waals surface area contributed by atoms with Crippen LogP contribution in [0.3, 0.4) is 0 Å². The third-order valence-electron chi connectivity index (χ3n) is 3.21. The predicted octanol–water partition coefficient (Wildman–Crippen LogP) is 2.36.